The van der Waals surface area contributed by atoms with Crippen LogP contribution in [0.3, 0.4) is 0 Å². The SMILES string of the molecule is Cn1[nH][n+](C)cc1=S. The highest BCUT2D eigenvalue weighted by atomic mass is 32.1. The summed E-state index contributed by atoms with van der Waals surface area (Å²) in [5, 5.41) is 2.94. The van der Waals surface area contributed by atoms with E-state index in [2.05, 4.69) is 5.21 Å². The number of aromatic amines is 1. The molecule has 0 amide bonds. The second kappa shape index (κ2) is 1.70. The van der Waals surface area contributed by atoms with Crippen molar-refractivity contribution in [2.24, 2.45) is 14.1 Å². The van der Waals surface area contributed by atoms with Gasteiger partial charge in [0.1, 0.15) is 14.1 Å². The summed E-state index contributed by atoms with van der Waals surface area (Å²) < 4.78 is 4.39. The van der Waals surface area contributed by atoms with Crippen molar-refractivity contribution >= 4 is 12.2 Å². The number of H-pyrrole nitrogens is 1. The fourth-order valence-electron chi connectivity index (χ4n) is 0.567. The van der Waals surface area contributed by atoms with Crippen LogP contribution in [0, 0.1) is 4.64 Å². The number of hydrogen-bond donors (Lipinski definition) is 1. The molecule has 0 bridgehead atoms. The van der Waals surface area contributed by atoms with E-state index in [0.717, 1.165) is 4.64 Å². The van der Waals surface area contributed by atoms with Crippen LogP contribution in [0.15, 0.2) is 6.20 Å². The minimum Gasteiger partial charge on any atom is -0.168 e. The lowest BCUT2D eigenvalue weighted by Gasteiger charge is -1.76. The lowest BCUT2D eigenvalue weighted by molar-refractivity contribution is -0.732. The number of hydrogen-bond acceptors (Lipinski definition) is 1. The summed E-state index contributed by atoms with van der Waals surface area (Å²) in [5.41, 5.74) is 0. The van der Waals surface area contributed by atoms with Crippen molar-refractivity contribution in [3.63, 3.8) is 0 Å². The van der Waals surface area contributed by atoms with Crippen LogP contribution in [0.25, 0.3) is 0 Å². The van der Waals surface area contributed by atoms with Gasteiger partial charge in [0, 0.05) is 0 Å². The van der Waals surface area contributed by atoms with E-state index in [1.807, 2.05) is 25.0 Å². The third-order valence-electron chi connectivity index (χ3n) is 0.942. The van der Waals surface area contributed by atoms with E-state index in [1.165, 1.54) is 0 Å². The van der Waals surface area contributed by atoms with Crippen molar-refractivity contribution in [2.75, 3.05) is 0 Å². The molecule has 0 saturated heterocycles. The Labute approximate surface area is 52.5 Å². The Morgan fingerprint density at radius 1 is 1.88 bits per heavy atom. The molecule has 1 N–H and O–H groups in total. The number of aromatic nitrogens is 3. The van der Waals surface area contributed by atoms with Crippen molar-refractivity contribution in [1.82, 2.24) is 9.90 Å². The predicted octanol–water partition coefficient (Wildman–Crippen LogP) is -0.0928. The molecule has 1 heterocycles. The Hall–Kier alpha value is -0.640. The number of nitrogens with one attached hydrogen (secondary N) is 1. The van der Waals surface area contributed by atoms with Gasteiger partial charge in [0.25, 0.3) is 4.64 Å². The van der Waals surface area contributed by atoms with Crippen LogP contribution >= 0.6 is 12.2 Å². The van der Waals surface area contributed by atoms with Gasteiger partial charge in [-0.2, -0.15) is 9.36 Å². The molecule has 0 fully saturated rings. The van der Waals surface area contributed by atoms with Crippen molar-refractivity contribution < 1.29 is 4.68 Å². The van der Waals surface area contributed by atoms with Crippen LogP contribution in [-0.4, -0.2) is 9.90 Å². The number of nitrogens with zero attached hydrogens (tertiary/aromatic N) is 2. The first-order valence-corrected chi connectivity index (χ1v) is 2.72. The molecule has 0 aliphatic carbocycles. The third-order valence-corrected chi connectivity index (χ3v) is 1.32. The molecule has 4 heteroatoms. The van der Waals surface area contributed by atoms with Gasteiger partial charge in [0.2, 0.25) is 0 Å². The molecule has 0 spiro atoms. The van der Waals surface area contributed by atoms with E-state index >= 15 is 0 Å². The molecule has 0 aliphatic rings. The number of aryl methyl sites for hydroxylation is 2. The molecule has 1 aromatic rings. The molecule has 0 saturated carbocycles. The minimum atomic E-state index is 0.813. The van der Waals surface area contributed by atoms with Gasteiger partial charge in [-0.15, -0.1) is 5.21 Å². The molecule has 1 aromatic heterocycles. The zero-order valence-electron chi connectivity index (χ0n) is 4.88. The summed E-state index contributed by atoms with van der Waals surface area (Å²) in [7, 11) is 3.78. The summed E-state index contributed by atoms with van der Waals surface area (Å²) in [5.74, 6) is 0. The highest BCUT2D eigenvalue weighted by molar-refractivity contribution is 7.71. The molecule has 44 valence electrons. The average Bonchev–Trinajstić information content (AvgIpc) is 1.85. The predicted molar refractivity (Wildman–Crippen MR) is 31.8 cm³/mol. The van der Waals surface area contributed by atoms with Gasteiger partial charge in [-0.05, 0) is 12.2 Å². The zero-order chi connectivity index (χ0) is 6.15. The Morgan fingerprint density at radius 3 is 2.62 bits per heavy atom. The first-order valence-electron chi connectivity index (χ1n) is 2.32. The third kappa shape index (κ3) is 0.790. The summed E-state index contributed by atoms with van der Waals surface area (Å²) in [4.78, 5) is 0. The van der Waals surface area contributed by atoms with E-state index in [0.29, 0.717) is 0 Å². The number of rotatable bonds is 0. The van der Waals surface area contributed by atoms with Gasteiger partial charge >= 0.3 is 0 Å². The van der Waals surface area contributed by atoms with Crippen molar-refractivity contribution in [2.45, 2.75) is 0 Å². The summed E-state index contributed by atoms with van der Waals surface area (Å²) >= 11 is 4.88. The van der Waals surface area contributed by atoms with Gasteiger partial charge in [0.15, 0.2) is 6.20 Å². The molecule has 0 aliphatic heterocycles. The van der Waals surface area contributed by atoms with E-state index in [4.69, 9.17) is 12.2 Å². The minimum absolute atomic E-state index is 0.813. The molecule has 0 aromatic carbocycles. The van der Waals surface area contributed by atoms with Crippen molar-refractivity contribution in [3.8, 4) is 0 Å². The fourth-order valence-corrected chi connectivity index (χ4v) is 0.766. The molecule has 1 rings (SSSR count). The smallest absolute Gasteiger partial charge is 0.168 e. The molecule has 0 unspecified atom stereocenters. The zero-order valence-corrected chi connectivity index (χ0v) is 5.70. The van der Waals surface area contributed by atoms with Crippen LogP contribution in [0.2, 0.25) is 0 Å². The Kier molecular flexibility index (Phi) is 1.17. The Bertz CT molecular complexity index is 234. The average molecular weight is 130 g/mol. The second-order valence-electron chi connectivity index (χ2n) is 1.74. The van der Waals surface area contributed by atoms with Gasteiger partial charge in [0.05, 0.1) is 0 Å². The summed E-state index contributed by atoms with van der Waals surface area (Å²) in [6.45, 7) is 0. The normalized spacial score (nSPS) is 9.75. The molecule has 0 radical (unpaired) electrons. The highest BCUT2D eigenvalue weighted by Gasteiger charge is 1.93. The van der Waals surface area contributed by atoms with Crippen molar-refractivity contribution in [3.05, 3.63) is 10.8 Å². The van der Waals surface area contributed by atoms with Crippen LogP contribution in [0.5, 0.6) is 0 Å². The Balaban J connectivity index is 3.35. The summed E-state index contributed by atoms with van der Waals surface area (Å²) in [6.07, 6.45) is 1.84. The molecule has 0 atom stereocenters. The van der Waals surface area contributed by atoms with Crippen LogP contribution < -0.4 is 4.68 Å². The largest absolute Gasteiger partial charge is 0.251 e. The van der Waals surface area contributed by atoms with Gasteiger partial charge in [-0.25, -0.2) is 0 Å². The van der Waals surface area contributed by atoms with Crippen molar-refractivity contribution in [1.29, 1.82) is 0 Å². The summed E-state index contributed by atoms with van der Waals surface area (Å²) in [6, 6.07) is 0. The lowest BCUT2D eigenvalue weighted by Crippen LogP contribution is -2.29. The van der Waals surface area contributed by atoms with E-state index in [-0.39, 0.29) is 0 Å². The van der Waals surface area contributed by atoms with Gasteiger partial charge in [-0.3, -0.25) is 0 Å². The Morgan fingerprint density at radius 2 is 2.50 bits per heavy atom. The monoisotopic (exact) mass is 130 g/mol. The quantitative estimate of drug-likeness (QED) is 0.385. The van der Waals surface area contributed by atoms with Gasteiger partial charge < -0.3 is 0 Å². The van der Waals surface area contributed by atoms with E-state index in [9.17, 15) is 0 Å². The first-order chi connectivity index (χ1) is 3.70. The van der Waals surface area contributed by atoms with Gasteiger partial charge in [-0.1, -0.05) is 0 Å². The molecular formula is C4H8N3S+. The molecular weight excluding hydrogens is 122 g/mol. The van der Waals surface area contributed by atoms with E-state index in [1.54, 1.807) is 4.68 Å². The topological polar surface area (TPSA) is 24.6 Å². The lowest BCUT2D eigenvalue weighted by atomic mass is 10.9. The van der Waals surface area contributed by atoms with Crippen LogP contribution in [-0.2, 0) is 14.1 Å². The fraction of sp³-hybridized carbons (Fsp3) is 0.500. The second-order valence-corrected chi connectivity index (χ2v) is 2.16. The maximum absolute atomic E-state index is 4.88. The van der Waals surface area contributed by atoms with Crippen LogP contribution in [0.4, 0.5) is 0 Å². The molecule has 3 nitrogen and oxygen atoms in total. The maximum atomic E-state index is 4.88. The standard InChI is InChI=1S/C4H7N3S/c1-6-3-4(8)7(2)5-6/h3H,1-2H3/p+1. The maximum Gasteiger partial charge on any atom is 0.251 e. The highest BCUT2D eigenvalue weighted by Crippen LogP contribution is 1.76. The molecule has 8 heavy (non-hydrogen) atoms. The first kappa shape index (κ1) is 5.50. The van der Waals surface area contributed by atoms with E-state index < -0.39 is 0 Å². The van der Waals surface area contributed by atoms with Crippen LogP contribution in [0.1, 0.15) is 0 Å².